The molecule has 1 heterocycles. The van der Waals surface area contributed by atoms with Gasteiger partial charge in [0.15, 0.2) is 0 Å². The van der Waals surface area contributed by atoms with Crippen LogP contribution in [0.4, 0.5) is 0 Å². The lowest BCUT2D eigenvalue weighted by Crippen LogP contribution is -2.20. The summed E-state index contributed by atoms with van der Waals surface area (Å²) in [5.41, 5.74) is 1.35. The van der Waals surface area contributed by atoms with E-state index in [1.807, 2.05) is 12.5 Å². The van der Waals surface area contributed by atoms with Crippen molar-refractivity contribution in [1.29, 1.82) is 0 Å². The topological polar surface area (TPSA) is 29.9 Å². The van der Waals surface area contributed by atoms with Crippen LogP contribution in [0.1, 0.15) is 38.8 Å². The fourth-order valence-electron chi connectivity index (χ4n) is 1.51. The highest BCUT2D eigenvalue weighted by Crippen LogP contribution is 2.17. The maximum Gasteiger partial charge on any atom is 0.0948 e. The van der Waals surface area contributed by atoms with Crippen LogP contribution in [0.5, 0.6) is 0 Å². The minimum absolute atomic E-state index is 0.610. The van der Waals surface area contributed by atoms with Gasteiger partial charge in [0, 0.05) is 25.0 Å². The van der Waals surface area contributed by atoms with Crippen LogP contribution in [0.15, 0.2) is 12.5 Å². The fraction of sp³-hybridized carbons (Fsp3) is 0.727. The van der Waals surface area contributed by atoms with Crippen molar-refractivity contribution in [3.63, 3.8) is 0 Å². The second-order valence-corrected chi connectivity index (χ2v) is 3.67. The van der Waals surface area contributed by atoms with Gasteiger partial charge < -0.3 is 9.88 Å². The standard InChI is InChI=1S/C11H21N3/c1-4-10(3)11-8-13-9-14(11)7-6-12-5-2/h8-10,12H,4-7H2,1-3H3. The lowest BCUT2D eigenvalue weighted by atomic mass is 10.1. The Hall–Kier alpha value is -0.830. The summed E-state index contributed by atoms with van der Waals surface area (Å²) in [6, 6.07) is 0. The van der Waals surface area contributed by atoms with Crippen LogP contribution < -0.4 is 5.32 Å². The summed E-state index contributed by atoms with van der Waals surface area (Å²) < 4.78 is 2.25. The molecule has 0 fully saturated rings. The molecule has 80 valence electrons. The lowest BCUT2D eigenvalue weighted by molar-refractivity contribution is 0.568. The van der Waals surface area contributed by atoms with Crippen molar-refractivity contribution in [3.05, 3.63) is 18.2 Å². The number of hydrogen-bond acceptors (Lipinski definition) is 2. The minimum atomic E-state index is 0.610. The van der Waals surface area contributed by atoms with Crippen LogP contribution in [-0.2, 0) is 6.54 Å². The van der Waals surface area contributed by atoms with Gasteiger partial charge in [-0.2, -0.15) is 0 Å². The van der Waals surface area contributed by atoms with Gasteiger partial charge in [-0.3, -0.25) is 0 Å². The third-order valence-corrected chi connectivity index (χ3v) is 2.64. The smallest absolute Gasteiger partial charge is 0.0948 e. The van der Waals surface area contributed by atoms with Crippen LogP contribution in [0.3, 0.4) is 0 Å². The first kappa shape index (κ1) is 11.2. The fourth-order valence-corrected chi connectivity index (χ4v) is 1.51. The summed E-state index contributed by atoms with van der Waals surface area (Å²) in [6.07, 6.45) is 5.09. The molecule has 1 atom stereocenters. The van der Waals surface area contributed by atoms with Crippen molar-refractivity contribution in [1.82, 2.24) is 14.9 Å². The van der Waals surface area contributed by atoms with E-state index in [0.717, 1.165) is 19.6 Å². The Balaban J connectivity index is 2.53. The Morgan fingerprint density at radius 1 is 1.50 bits per heavy atom. The van der Waals surface area contributed by atoms with Crippen molar-refractivity contribution in [2.45, 2.75) is 39.7 Å². The van der Waals surface area contributed by atoms with Crippen molar-refractivity contribution in [2.75, 3.05) is 13.1 Å². The van der Waals surface area contributed by atoms with Crippen LogP contribution in [0.2, 0.25) is 0 Å². The summed E-state index contributed by atoms with van der Waals surface area (Å²) in [4.78, 5) is 4.21. The van der Waals surface area contributed by atoms with E-state index in [4.69, 9.17) is 0 Å². The first-order valence-corrected chi connectivity index (χ1v) is 5.50. The molecule has 0 aliphatic heterocycles. The van der Waals surface area contributed by atoms with E-state index in [1.54, 1.807) is 0 Å². The number of rotatable bonds is 6. The predicted molar refractivity (Wildman–Crippen MR) is 59.5 cm³/mol. The first-order chi connectivity index (χ1) is 6.79. The molecule has 1 aromatic rings. The van der Waals surface area contributed by atoms with Crippen molar-refractivity contribution >= 4 is 0 Å². The number of imidazole rings is 1. The Morgan fingerprint density at radius 3 is 2.93 bits per heavy atom. The molecule has 14 heavy (non-hydrogen) atoms. The predicted octanol–water partition coefficient (Wildman–Crippen LogP) is 2.01. The SMILES string of the molecule is CCNCCn1cncc1C(C)CC. The van der Waals surface area contributed by atoms with Gasteiger partial charge in [-0.25, -0.2) is 4.98 Å². The third-order valence-electron chi connectivity index (χ3n) is 2.64. The molecule has 0 amide bonds. The first-order valence-electron chi connectivity index (χ1n) is 5.50. The summed E-state index contributed by atoms with van der Waals surface area (Å²) in [5.74, 6) is 0.610. The normalized spacial score (nSPS) is 13.1. The molecule has 0 aromatic carbocycles. The molecule has 0 aliphatic rings. The van der Waals surface area contributed by atoms with E-state index in [0.29, 0.717) is 5.92 Å². The summed E-state index contributed by atoms with van der Waals surface area (Å²) >= 11 is 0. The molecule has 1 aromatic heterocycles. The van der Waals surface area contributed by atoms with Crippen LogP contribution >= 0.6 is 0 Å². The molecular weight excluding hydrogens is 174 g/mol. The Morgan fingerprint density at radius 2 is 2.29 bits per heavy atom. The Labute approximate surface area is 86.5 Å². The third kappa shape index (κ3) is 2.84. The quantitative estimate of drug-likeness (QED) is 0.704. The lowest BCUT2D eigenvalue weighted by Gasteiger charge is -2.12. The van der Waals surface area contributed by atoms with Crippen molar-refractivity contribution in [3.8, 4) is 0 Å². The van der Waals surface area contributed by atoms with Crippen molar-refractivity contribution in [2.24, 2.45) is 0 Å². The van der Waals surface area contributed by atoms with Crippen LogP contribution in [0, 0.1) is 0 Å². The van der Waals surface area contributed by atoms with Gasteiger partial charge in [0.1, 0.15) is 0 Å². The molecule has 1 N–H and O–H groups in total. The minimum Gasteiger partial charge on any atom is -0.333 e. The van der Waals surface area contributed by atoms with Crippen LogP contribution in [0.25, 0.3) is 0 Å². The van der Waals surface area contributed by atoms with Gasteiger partial charge in [0.05, 0.1) is 6.33 Å². The van der Waals surface area contributed by atoms with E-state index >= 15 is 0 Å². The number of aromatic nitrogens is 2. The highest BCUT2D eigenvalue weighted by Gasteiger charge is 2.07. The average molecular weight is 195 g/mol. The highest BCUT2D eigenvalue weighted by atomic mass is 15.1. The zero-order chi connectivity index (χ0) is 10.4. The summed E-state index contributed by atoms with van der Waals surface area (Å²) in [6.45, 7) is 9.67. The molecule has 0 aliphatic carbocycles. The van der Waals surface area contributed by atoms with E-state index in [-0.39, 0.29) is 0 Å². The Bertz CT molecular complexity index is 255. The number of nitrogens with zero attached hydrogens (tertiary/aromatic N) is 2. The molecular formula is C11H21N3. The Kier molecular flexibility index (Phi) is 4.66. The second-order valence-electron chi connectivity index (χ2n) is 3.67. The molecule has 3 heteroatoms. The monoisotopic (exact) mass is 195 g/mol. The molecule has 0 bridgehead atoms. The zero-order valence-corrected chi connectivity index (χ0v) is 9.45. The second kappa shape index (κ2) is 5.81. The highest BCUT2D eigenvalue weighted by molar-refractivity contribution is 5.04. The van der Waals surface area contributed by atoms with E-state index in [9.17, 15) is 0 Å². The molecule has 1 unspecified atom stereocenters. The maximum atomic E-state index is 4.21. The number of likely N-dealkylation sites (N-methyl/N-ethyl adjacent to an activating group) is 1. The van der Waals surface area contributed by atoms with Crippen LogP contribution in [-0.4, -0.2) is 22.6 Å². The molecule has 0 saturated carbocycles. The van der Waals surface area contributed by atoms with Gasteiger partial charge in [0.2, 0.25) is 0 Å². The van der Waals surface area contributed by atoms with Gasteiger partial charge in [-0.15, -0.1) is 0 Å². The number of hydrogen-bond donors (Lipinski definition) is 1. The van der Waals surface area contributed by atoms with Gasteiger partial charge in [0.25, 0.3) is 0 Å². The number of nitrogens with one attached hydrogen (secondary N) is 1. The van der Waals surface area contributed by atoms with Gasteiger partial charge in [-0.1, -0.05) is 20.8 Å². The molecule has 0 radical (unpaired) electrons. The van der Waals surface area contributed by atoms with E-state index in [2.05, 4.69) is 35.6 Å². The molecule has 0 saturated heterocycles. The summed E-state index contributed by atoms with van der Waals surface area (Å²) in [7, 11) is 0. The van der Waals surface area contributed by atoms with Crippen molar-refractivity contribution < 1.29 is 0 Å². The zero-order valence-electron chi connectivity index (χ0n) is 9.45. The largest absolute Gasteiger partial charge is 0.333 e. The van der Waals surface area contributed by atoms with Gasteiger partial charge in [-0.05, 0) is 18.9 Å². The van der Waals surface area contributed by atoms with E-state index in [1.165, 1.54) is 12.1 Å². The van der Waals surface area contributed by atoms with Gasteiger partial charge >= 0.3 is 0 Å². The summed E-state index contributed by atoms with van der Waals surface area (Å²) in [5, 5.41) is 3.32. The molecule has 3 nitrogen and oxygen atoms in total. The maximum absolute atomic E-state index is 4.21. The van der Waals surface area contributed by atoms with E-state index < -0.39 is 0 Å². The molecule has 0 spiro atoms. The molecule has 1 rings (SSSR count). The average Bonchev–Trinajstić information content (AvgIpc) is 2.65.